The lowest BCUT2D eigenvalue weighted by Crippen LogP contribution is -2.36. The molecular formula is C22H21NO4S. The van der Waals surface area contributed by atoms with Gasteiger partial charge in [0.15, 0.2) is 0 Å². The molecule has 5 unspecified atom stereocenters. The van der Waals surface area contributed by atoms with E-state index in [0.717, 1.165) is 16.9 Å². The standard InChI is InChI=1S/C22H21NO4S/c24-21(19-15-9-10-16(12-15)20(19)22(25)26)23-17-6-4-5-14(11-17)13-28(27)18-7-2-1-3-8-18/h1-11,15-16,19-20H,12-13H2,(H,23,24)(H,25,26). The van der Waals surface area contributed by atoms with E-state index in [1.807, 2.05) is 54.6 Å². The Balaban J connectivity index is 1.46. The van der Waals surface area contributed by atoms with Crippen molar-refractivity contribution >= 4 is 28.4 Å². The zero-order chi connectivity index (χ0) is 19.7. The molecule has 2 bridgehead atoms. The Morgan fingerprint density at radius 2 is 1.71 bits per heavy atom. The van der Waals surface area contributed by atoms with Gasteiger partial charge in [0.25, 0.3) is 0 Å². The summed E-state index contributed by atoms with van der Waals surface area (Å²) in [7, 11) is -1.17. The van der Waals surface area contributed by atoms with Crippen molar-refractivity contribution < 1.29 is 18.9 Å². The van der Waals surface area contributed by atoms with Crippen LogP contribution in [0, 0.1) is 23.7 Å². The quantitative estimate of drug-likeness (QED) is 0.734. The fourth-order valence-electron chi connectivity index (χ4n) is 4.29. The van der Waals surface area contributed by atoms with Crippen LogP contribution in [0.3, 0.4) is 0 Å². The molecule has 0 aromatic heterocycles. The number of benzene rings is 2. The van der Waals surface area contributed by atoms with Gasteiger partial charge in [0, 0.05) is 10.6 Å². The molecule has 0 saturated heterocycles. The molecule has 2 aliphatic rings. The van der Waals surface area contributed by atoms with Crippen LogP contribution in [0.4, 0.5) is 5.69 Å². The lowest BCUT2D eigenvalue weighted by Gasteiger charge is -2.24. The normalized spacial score (nSPS) is 26.1. The summed E-state index contributed by atoms with van der Waals surface area (Å²) in [5.41, 5.74) is 1.45. The first-order chi connectivity index (χ1) is 13.5. The van der Waals surface area contributed by atoms with Crippen LogP contribution in [0.2, 0.25) is 0 Å². The second-order valence-corrected chi connectivity index (χ2v) is 8.78. The van der Waals surface area contributed by atoms with Gasteiger partial charge in [-0.1, -0.05) is 42.5 Å². The fourth-order valence-corrected chi connectivity index (χ4v) is 5.40. The molecule has 5 atom stereocenters. The Labute approximate surface area is 165 Å². The smallest absolute Gasteiger partial charge is 0.307 e. The molecule has 2 N–H and O–H groups in total. The van der Waals surface area contributed by atoms with Crippen molar-refractivity contribution in [2.45, 2.75) is 17.1 Å². The SMILES string of the molecule is O=C(O)C1C2C=CC(C2)C1C(=O)Nc1cccc(CS(=O)c2ccccc2)c1. The van der Waals surface area contributed by atoms with E-state index in [1.54, 1.807) is 12.1 Å². The van der Waals surface area contributed by atoms with Crippen LogP contribution < -0.4 is 5.32 Å². The molecular weight excluding hydrogens is 374 g/mol. The number of carbonyl (C=O) groups excluding carboxylic acids is 1. The monoisotopic (exact) mass is 395 g/mol. The van der Waals surface area contributed by atoms with E-state index in [4.69, 9.17) is 0 Å². The highest BCUT2D eigenvalue weighted by Crippen LogP contribution is 2.48. The second-order valence-electron chi connectivity index (χ2n) is 7.33. The molecule has 2 aromatic carbocycles. The van der Waals surface area contributed by atoms with Crippen molar-refractivity contribution in [3.63, 3.8) is 0 Å². The van der Waals surface area contributed by atoms with Crippen molar-refractivity contribution in [3.8, 4) is 0 Å². The molecule has 1 saturated carbocycles. The summed E-state index contributed by atoms with van der Waals surface area (Å²) in [6.45, 7) is 0. The molecule has 0 heterocycles. The molecule has 1 fully saturated rings. The Kier molecular flexibility index (Phi) is 5.13. The summed E-state index contributed by atoms with van der Waals surface area (Å²) < 4.78 is 12.5. The van der Waals surface area contributed by atoms with Gasteiger partial charge >= 0.3 is 5.97 Å². The molecule has 0 aliphatic heterocycles. The van der Waals surface area contributed by atoms with Crippen LogP contribution in [0.5, 0.6) is 0 Å². The lowest BCUT2D eigenvalue weighted by molar-refractivity contribution is -0.146. The molecule has 0 radical (unpaired) electrons. The maximum atomic E-state index is 12.8. The number of carboxylic acids is 1. The predicted molar refractivity (Wildman–Crippen MR) is 107 cm³/mol. The van der Waals surface area contributed by atoms with Gasteiger partial charge in [-0.05, 0) is 48.1 Å². The van der Waals surface area contributed by atoms with Gasteiger partial charge in [-0.2, -0.15) is 0 Å². The molecule has 1 amide bonds. The maximum absolute atomic E-state index is 12.8. The molecule has 28 heavy (non-hydrogen) atoms. The Morgan fingerprint density at radius 3 is 2.43 bits per heavy atom. The van der Waals surface area contributed by atoms with Crippen molar-refractivity contribution in [2.24, 2.45) is 23.7 Å². The second kappa shape index (κ2) is 7.72. The van der Waals surface area contributed by atoms with Crippen molar-refractivity contribution in [2.75, 3.05) is 5.32 Å². The first-order valence-electron chi connectivity index (χ1n) is 9.27. The average molecular weight is 395 g/mol. The predicted octanol–water partition coefficient (Wildman–Crippen LogP) is 3.46. The average Bonchev–Trinajstić information content (AvgIpc) is 3.30. The highest BCUT2D eigenvalue weighted by atomic mass is 32.2. The van der Waals surface area contributed by atoms with Gasteiger partial charge < -0.3 is 10.4 Å². The third-order valence-electron chi connectivity index (χ3n) is 5.55. The van der Waals surface area contributed by atoms with Crippen molar-refractivity contribution in [1.82, 2.24) is 0 Å². The molecule has 2 aromatic rings. The summed E-state index contributed by atoms with van der Waals surface area (Å²) in [4.78, 5) is 25.2. The van der Waals surface area contributed by atoms with Gasteiger partial charge in [0.2, 0.25) is 5.91 Å². The number of aliphatic carboxylic acids is 1. The number of amides is 1. The number of carbonyl (C=O) groups is 2. The molecule has 0 spiro atoms. The number of carboxylic acid groups (broad SMARTS) is 1. The van der Waals surface area contributed by atoms with Crippen LogP contribution in [0.15, 0.2) is 71.6 Å². The third-order valence-corrected chi connectivity index (χ3v) is 6.94. The highest BCUT2D eigenvalue weighted by molar-refractivity contribution is 7.84. The largest absolute Gasteiger partial charge is 0.481 e. The molecule has 4 rings (SSSR count). The Bertz CT molecular complexity index is 956. The Morgan fingerprint density at radius 1 is 1.00 bits per heavy atom. The Hall–Kier alpha value is -2.73. The van der Waals surface area contributed by atoms with Crippen LogP contribution in [-0.4, -0.2) is 21.2 Å². The molecule has 6 heteroatoms. The van der Waals surface area contributed by atoms with Gasteiger partial charge in [0.05, 0.1) is 28.4 Å². The number of allylic oxidation sites excluding steroid dienone is 2. The summed E-state index contributed by atoms with van der Waals surface area (Å²) in [5, 5.41) is 12.4. The van der Waals surface area contributed by atoms with Crippen molar-refractivity contribution in [1.29, 1.82) is 0 Å². The zero-order valence-corrected chi connectivity index (χ0v) is 16.0. The fraction of sp³-hybridized carbons (Fsp3) is 0.273. The molecule has 2 aliphatic carbocycles. The summed E-state index contributed by atoms with van der Waals surface area (Å²) in [6, 6.07) is 16.5. The van der Waals surface area contributed by atoms with E-state index in [-0.39, 0.29) is 17.7 Å². The van der Waals surface area contributed by atoms with Crippen LogP contribution >= 0.6 is 0 Å². The number of nitrogens with one attached hydrogen (secondary N) is 1. The van der Waals surface area contributed by atoms with Crippen LogP contribution in [0.25, 0.3) is 0 Å². The zero-order valence-electron chi connectivity index (χ0n) is 15.2. The number of anilines is 1. The van der Waals surface area contributed by atoms with E-state index in [9.17, 15) is 18.9 Å². The summed E-state index contributed by atoms with van der Waals surface area (Å²) in [5.74, 6) is -2.10. The highest BCUT2D eigenvalue weighted by Gasteiger charge is 2.51. The number of hydrogen-bond acceptors (Lipinski definition) is 3. The van der Waals surface area contributed by atoms with Gasteiger partial charge in [-0.25, -0.2) is 0 Å². The van der Waals surface area contributed by atoms with Crippen LogP contribution in [0.1, 0.15) is 12.0 Å². The number of rotatable bonds is 6. The lowest BCUT2D eigenvalue weighted by atomic mass is 9.82. The maximum Gasteiger partial charge on any atom is 0.307 e. The minimum atomic E-state index is -1.17. The summed E-state index contributed by atoms with van der Waals surface area (Å²) >= 11 is 0. The van der Waals surface area contributed by atoms with E-state index in [0.29, 0.717) is 11.4 Å². The van der Waals surface area contributed by atoms with Gasteiger partial charge in [-0.15, -0.1) is 0 Å². The molecule has 144 valence electrons. The van der Waals surface area contributed by atoms with Crippen LogP contribution in [-0.2, 0) is 26.1 Å². The first-order valence-corrected chi connectivity index (χ1v) is 10.6. The van der Waals surface area contributed by atoms with Gasteiger partial charge in [-0.3, -0.25) is 13.8 Å². The minimum Gasteiger partial charge on any atom is -0.481 e. The summed E-state index contributed by atoms with van der Waals surface area (Å²) in [6.07, 6.45) is 4.62. The van der Waals surface area contributed by atoms with E-state index >= 15 is 0 Å². The number of hydrogen-bond donors (Lipinski definition) is 2. The first kappa shape index (κ1) is 18.6. The third kappa shape index (κ3) is 3.64. The van der Waals surface area contributed by atoms with Gasteiger partial charge in [0.1, 0.15) is 0 Å². The molecule has 5 nitrogen and oxygen atoms in total. The minimum absolute atomic E-state index is 0.0140. The van der Waals surface area contributed by atoms with Crippen molar-refractivity contribution in [3.05, 3.63) is 72.3 Å². The van der Waals surface area contributed by atoms with E-state index in [2.05, 4.69) is 5.32 Å². The topological polar surface area (TPSA) is 83.5 Å². The van der Waals surface area contributed by atoms with E-state index < -0.39 is 28.6 Å². The number of fused-ring (bicyclic) bond motifs is 2. The van der Waals surface area contributed by atoms with E-state index in [1.165, 1.54) is 0 Å².